The van der Waals surface area contributed by atoms with Gasteiger partial charge in [-0.2, -0.15) is 17.5 Å². The molecule has 1 aromatic heterocycles. The Morgan fingerprint density at radius 2 is 1.74 bits per heavy atom. The van der Waals surface area contributed by atoms with Crippen molar-refractivity contribution in [2.45, 2.75) is 36.0 Å². The Labute approximate surface area is 205 Å². The van der Waals surface area contributed by atoms with Crippen LogP contribution in [0.3, 0.4) is 0 Å². The van der Waals surface area contributed by atoms with Gasteiger partial charge in [-0.25, -0.2) is 13.4 Å². The van der Waals surface area contributed by atoms with Gasteiger partial charge in [0.05, 0.1) is 16.5 Å². The van der Waals surface area contributed by atoms with Crippen LogP contribution in [0, 0.1) is 0 Å². The Bertz CT molecular complexity index is 1230. The summed E-state index contributed by atoms with van der Waals surface area (Å²) in [4.78, 5) is 19.8. The number of pyridine rings is 1. The number of benzene rings is 1. The maximum Gasteiger partial charge on any atom is 0.416 e. The van der Waals surface area contributed by atoms with Crippen LogP contribution in [0.25, 0.3) is 0 Å². The number of piperazine rings is 1. The number of hydrogen-bond donors (Lipinski definition) is 1. The average molecular weight is 530 g/mol. The summed E-state index contributed by atoms with van der Waals surface area (Å²) in [6.07, 6.45) is -3.28. The van der Waals surface area contributed by atoms with E-state index in [0.29, 0.717) is 12.1 Å². The zero-order valence-corrected chi connectivity index (χ0v) is 20.1. The third-order valence-corrected chi connectivity index (χ3v) is 8.84. The van der Waals surface area contributed by atoms with E-state index in [1.165, 1.54) is 16.4 Å². The van der Waals surface area contributed by atoms with Crippen molar-refractivity contribution in [1.82, 2.24) is 14.6 Å². The highest BCUT2D eigenvalue weighted by atomic mass is 35.5. The zero-order valence-electron chi connectivity index (χ0n) is 18.5. The summed E-state index contributed by atoms with van der Waals surface area (Å²) in [7, 11) is -3.81. The standard InChI is InChI=1S/C22H23ClF3N5O3S/c23-19-11-14(22(24,25)26)12-20(28-19)29-7-9-30(10-8-29)35(33,34)16-3-1-15(2-4-16)31-18-5-6-27-17(18)13-21(31)32/h1-4,11-12,17-18,27H,5-10,13H2. The quantitative estimate of drug-likeness (QED) is 0.613. The van der Waals surface area contributed by atoms with E-state index in [1.807, 2.05) is 0 Å². The van der Waals surface area contributed by atoms with Crippen LogP contribution in [-0.2, 0) is 21.0 Å². The first-order valence-corrected chi connectivity index (χ1v) is 13.0. The van der Waals surface area contributed by atoms with E-state index in [0.717, 1.165) is 25.1 Å². The number of carbonyl (C=O) groups is 1. The third kappa shape index (κ3) is 4.59. The number of alkyl halides is 3. The average Bonchev–Trinajstić information content (AvgIpc) is 3.38. The van der Waals surface area contributed by atoms with Gasteiger partial charge in [-0.3, -0.25) is 4.79 Å². The molecule has 3 fully saturated rings. The lowest BCUT2D eigenvalue weighted by atomic mass is 10.1. The van der Waals surface area contributed by atoms with Gasteiger partial charge in [0.25, 0.3) is 0 Å². The molecule has 5 rings (SSSR count). The number of halogens is 4. The van der Waals surface area contributed by atoms with Gasteiger partial charge in [0.2, 0.25) is 15.9 Å². The van der Waals surface area contributed by atoms with E-state index in [9.17, 15) is 26.4 Å². The van der Waals surface area contributed by atoms with Crippen LogP contribution in [0.2, 0.25) is 5.15 Å². The second-order valence-electron chi connectivity index (χ2n) is 8.80. The molecule has 1 N–H and O–H groups in total. The number of nitrogens with zero attached hydrogens (tertiary/aromatic N) is 4. The van der Waals surface area contributed by atoms with Crippen molar-refractivity contribution in [1.29, 1.82) is 0 Å². The molecule has 3 aliphatic heterocycles. The number of rotatable bonds is 4. The molecule has 1 aromatic carbocycles. The van der Waals surface area contributed by atoms with Gasteiger partial charge < -0.3 is 15.1 Å². The highest BCUT2D eigenvalue weighted by Crippen LogP contribution is 2.34. The molecule has 0 bridgehead atoms. The van der Waals surface area contributed by atoms with Crippen LogP contribution in [0.4, 0.5) is 24.7 Å². The number of aromatic nitrogens is 1. The fourth-order valence-electron chi connectivity index (χ4n) is 4.97. The summed E-state index contributed by atoms with van der Waals surface area (Å²) in [5.41, 5.74) is -0.235. The van der Waals surface area contributed by atoms with Crippen molar-refractivity contribution < 1.29 is 26.4 Å². The van der Waals surface area contributed by atoms with Crippen molar-refractivity contribution >= 4 is 39.0 Å². The van der Waals surface area contributed by atoms with Gasteiger partial charge in [0.1, 0.15) is 11.0 Å². The number of hydrogen-bond acceptors (Lipinski definition) is 6. The maximum absolute atomic E-state index is 13.2. The van der Waals surface area contributed by atoms with Crippen LogP contribution < -0.4 is 15.1 Å². The fraction of sp³-hybridized carbons (Fsp3) is 0.455. The van der Waals surface area contributed by atoms with Gasteiger partial charge in [0, 0.05) is 44.3 Å². The number of carbonyl (C=O) groups excluding carboxylic acids is 1. The van der Waals surface area contributed by atoms with Gasteiger partial charge in [-0.05, 0) is 49.4 Å². The van der Waals surface area contributed by atoms with Crippen LogP contribution in [-0.4, -0.2) is 68.4 Å². The molecule has 4 heterocycles. The van der Waals surface area contributed by atoms with Gasteiger partial charge in [-0.15, -0.1) is 0 Å². The number of amides is 1. The van der Waals surface area contributed by atoms with Gasteiger partial charge >= 0.3 is 6.18 Å². The topological polar surface area (TPSA) is 85.8 Å². The minimum atomic E-state index is -4.56. The molecule has 0 radical (unpaired) electrons. The van der Waals surface area contributed by atoms with Crippen LogP contribution in [0.1, 0.15) is 18.4 Å². The smallest absolute Gasteiger partial charge is 0.354 e. The van der Waals surface area contributed by atoms with Crippen molar-refractivity contribution in [3.63, 3.8) is 0 Å². The molecule has 8 nitrogen and oxygen atoms in total. The Morgan fingerprint density at radius 3 is 2.40 bits per heavy atom. The molecule has 3 saturated heterocycles. The number of sulfonamides is 1. The minimum absolute atomic E-state index is 0.0160. The van der Waals surface area contributed by atoms with Crippen molar-refractivity contribution in [2.24, 2.45) is 0 Å². The maximum atomic E-state index is 13.2. The number of nitrogens with one attached hydrogen (secondary N) is 1. The van der Waals surface area contributed by atoms with Crippen molar-refractivity contribution in [3.05, 3.63) is 47.1 Å². The van der Waals surface area contributed by atoms with Crippen molar-refractivity contribution in [2.75, 3.05) is 42.5 Å². The van der Waals surface area contributed by atoms with Crippen LogP contribution >= 0.6 is 11.6 Å². The molecular formula is C22H23ClF3N5O3S. The first-order valence-electron chi connectivity index (χ1n) is 11.2. The predicted molar refractivity (Wildman–Crippen MR) is 124 cm³/mol. The summed E-state index contributed by atoms with van der Waals surface area (Å²) in [5.74, 6) is 0.0726. The largest absolute Gasteiger partial charge is 0.416 e. The lowest BCUT2D eigenvalue weighted by Crippen LogP contribution is -2.49. The molecule has 188 valence electrons. The normalized spacial score (nSPS) is 23.7. The minimum Gasteiger partial charge on any atom is -0.354 e. The molecule has 0 aliphatic carbocycles. The molecular weight excluding hydrogens is 507 g/mol. The molecule has 0 saturated carbocycles. The first-order chi connectivity index (χ1) is 16.5. The number of anilines is 2. The second kappa shape index (κ2) is 8.91. The summed E-state index contributed by atoms with van der Waals surface area (Å²) >= 11 is 5.78. The lowest BCUT2D eigenvalue weighted by Gasteiger charge is -2.35. The van der Waals surface area contributed by atoms with Gasteiger partial charge in [0.15, 0.2) is 0 Å². The first kappa shape index (κ1) is 24.3. The molecule has 13 heteroatoms. The monoisotopic (exact) mass is 529 g/mol. The highest BCUT2D eigenvalue weighted by molar-refractivity contribution is 7.89. The number of fused-ring (bicyclic) bond motifs is 1. The molecule has 2 aromatic rings. The second-order valence-corrected chi connectivity index (χ2v) is 11.1. The van der Waals surface area contributed by atoms with E-state index in [4.69, 9.17) is 11.6 Å². The summed E-state index contributed by atoms with van der Waals surface area (Å²) < 4.78 is 67.0. The Hall–Kier alpha value is -2.41. The summed E-state index contributed by atoms with van der Waals surface area (Å²) in [6.45, 7) is 1.35. The van der Waals surface area contributed by atoms with Crippen LogP contribution in [0.15, 0.2) is 41.3 Å². The summed E-state index contributed by atoms with van der Waals surface area (Å²) in [5, 5.41) is 3.04. The molecule has 35 heavy (non-hydrogen) atoms. The summed E-state index contributed by atoms with van der Waals surface area (Å²) in [6, 6.07) is 8.17. The Balaban J connectivity index is 1.28. The third-order valence-electron chi connectivity index (χ3n) is 6.73. The Morgan fingerprint density at radius 1 is 1.06 bits per heavy atom. The highest BCUT2D eigenvalue weighted by Gasteiger charge is 2.43. The SMILES string of the molecule is O=C1CC2NCCC2N1c1ccc(S(=O)(=O)N2CCN(c3cc(C(F)(F)F)cc(Cl)n3)CC2)cc1. The zero-order chi connectivity index (χ0) is 25.0. The lowest BCUT2D eigenvalue weighted by molar-refractivity contribution is -0.137. The van der Waals surface area contributed by atoms with E-state index in [-0.39, 0.29) is 60.0 Å². The molecule has 2 atom stereocenters. The van der Waals surface area contributed by atoms with Gasteiger partial charge in [-0.1, -0.05) is 11.6 Å². The van der Waals surface area contributed by atoms with E-state index < -0.39 is 21.8 Å². The van der Waals surface area contributed by atoms with E-state index in [2.05, 4.69) is 10.3 Å². The predicted octanol–water partition coefficient (Wildman–Crippen LogP) is 2.73. The molecule has 3 aliphatic rings. The molecule has 1 amide bonds. The molecule has 0 spiro atoms. The fourth-order valence-corrected chi connectivity index (χ4v) is 6.60. The molecule has 2 unspecified atom stereocenters. The van der Waals surface area contributed by atoms with E-state index >= 15 is 0 Å². The Kier molecular flexibility index (Phi) is 6.19. The van der Waals surface area contributed by atoms with E-state index in [1.54, 1.807) is 21.9 Å². The van der Waals surface area contributed by atoms with Crippen LogP contribution in [0.5, 0.6) is 0 Å². The van der Waals surface area contributed by atoms with Crippen molar-refractivity contribution in [3.8, 4) is 0 Å².